The number of aromatic nitrogens is 1. The molecule has 11 nitrogen and oxygen atoms in total. The van der Waals surface area contributed by atoms with Crippen molar-refractivity contribution in [3.8, 4) is 11.5 Å². The predicted molar refractivity (Wildman–Crippen MR) is 171 cm³/mol. The Morgan fingerprint density at radius 2 is 1.27 bits per heavy atom. The largest absolute Gasteiger partial charge is 0.497 e. The van der Waals surface area contributed by atoms with Crippen molar-refractivity contribution in [2.75, 3.05) is 20.0 Å². The van der Waals surface area contributed by atoms with E-state index in [4.69, 9.17) is 20.9 Å². The van der Waals surface area contributed by atoms with Crippen molar-refractivity contribution in [2.45, 2.75) is 37.9 Å². The van der Waals surface area contributed by atoms with Gasteiger partial charge < -0.3 is 36.9 Å². The molecule has 7 N–H and O–H groups in total. The Labute approximate surface area is 262 Å². The van der Waals surface area contributed by atoms with Gasteiger partial charge in [-0.1, -0.05) is 48.5 Å². The monoisotopic (exact) mass is 610 g/mol. The lowest BCUT2D eigenvalue weighted by Gasteiger charge is -2.24. The summed E-state index contributed by atoms with van der Waals surface area (Å²) in [6.45, 7) is 0.552. The number of carbonyl (C=O) groups excluding carboxylic acids is 3. The number of benzene rings is 3. The van der Waals surface area contributed by atoms with Crippen LogP contribution in [0.3, 0.4) is 0 Å². The number of carbonyl (C=O) groups is 3. The molecule has 4 amide bonds. The average Bonchev–Trinajstić information content (AvgIpc) is 3.05. The molecule has 0 saturated carbocycles. The van der Waals surface area contributed by atoms with Gasteiger partial charge >= 0.3 is 6.03 Å². The van der Waals surface area contributed by atoms with E-state index in [1.54, 1.807) is 50.7 Å². The number of primary amides is 1. The number of nitrogen functional groups attached to an aromatic ring is 1. The third-order valence-corrected chi connectivity index (χ3v) is 7.32. The van der Waals surface area contributed by atoms with Crippen LogP contribution < -0.4 is 36.9 Å². The molecule has 1 atom stereocenters. The molecular weight excluding hydrogens is 572 g/mol. The Kier molecular flexibility index (Phi) is 11.3. The van der Waals surface area contributed by atoms with E-state index in [1.165, 1.54) is 0 Å². The minimum absolute atomic E-state index is 0.247. The Balaban J connectivity index is 1.54. The first kappa shape index (κ1) is 32.3. The van der Waals surface area contributed by atoms with Gasteiger partial charge in [-0.2, -0.15) is 0 Å². The first-order valence-corrected chi connectivity index (χ1v) is 14.4. The smallest absolute Gasteiger partial charge is 0.312 e. The number of rotatable bonds is 14. The Bertz CT molecular complexity index is 1530. The zero-order valence-corrected chi connectivity index (χ0v) is 25.3. The Morgan fingerprint density at radius 1 is 0.733 bits per heavy atom. The highest BCUT2D eigenvalue weighted by Crippen LogP contribution is 2.28. The van der Waals surface area contributed by atoms with Crippen LogP contribution in [0.5, 0.6) is 11.5 Å². The summed E-state index contributed by atoms with van der Waals surface area (Å²) >= 11 is 0. The normalized spacial score (nSPS) is 11.4. The molecule has 0 radical (unpaired) electrons. The van der Waals surface area contributed by atoms with Gasteiger partial charge in [0.05, 0.1) is 20.1 Å². The lowest BCUT2D eigenvalue weighted by Crippen LogP contribution is -2.48. The van der Waals surface area contributed by atoms with Crippen LogP contribution in [0.4, 0.5) is 10.6 Å². The maximum atomic E-state index is 14.0. The number of hydrogen-bond donors (Lipinski definition) is 5. The topological polar surface area (TPSA) is 171 Å². The summed E-state index contributed by atoms with van der Waals surface area (Å²) in [7, 11) is 3.16. The minimum atomic E-state index is -0.843. The number of nitrogens with zero attached hydrogens (tertiary/aromatic N) is 1. The van der Waals surface area contributed by atoms with Crippen molar-refractivity contribution in [1.82, 2.24) is 20.9 Å². The first-order valence-electron chi connectivity index (χ1n) is 14.4. The maximum Gasteiger partial charge on any atom is 0.312 e. The summed E-state index contributed by atoms with van der Waals surface area (Å²) < 4.78 is 10.6. The van der Waals surface area contributed by atoms with Crippen molar-refractivity contribution in [2.24, 2.45) is 5.73 Å². The second-order valence-electron chi connectivity index (χ2n) is 10.4. The summed E-state index contributed by atoms with van der Waals surface area (Å²) in [6.07, 6.45) is 2.43. The first-order chi connectivity index (χ1) is 21.7. The van der Waals surface area contributed by atoms with Crippen LogP contribution in [0.2, 0.25) is 0 Å². The number of aryl methyl sites for hydroxylation is 1. The highest BCUT2D eigenvalue weighted by Gasteiger charge is 2.28. The molecule has 4 aromatic rings. The Hall–Kier alpha value is -5.58. The van der Waals surface area contributed by atoms with E-state index in [-0.39, 0.29) is 18.4 Å². The van der Waals surface area contributed by atoms with E-state index in [0.29, 0.717) is 36.7 Å². The van der Waals surface area contributed by atoms with Gasteiger partial charge in [-0.15, -0.1) is 0 Å². The zero-order chi connectivity index (χ0) is 32.2. The molecular formula is C34H38N6O5. The second kappa shape index (κ2) is 15.8. The number of nitrogens with one attached hydrogen (secondary N) is 3. The van der Waals surface area contributed by atoms with Crippen LogP contribution in [-0.4, -0.2) is 43.1 Å². The maximum absolute atomic E-state index is 14.0. The number of amides is 4. The van der Waals surface area contributed by atoms with Crippen LogP contribution >= 0.6 is 0 Å². The number of pyridine rings is 1. The number of anilines is 1. The van der Waals surface area contributed by atoms with E-state index in [2.05, 4.69) is 20.9 Å². The van der Waals surface area contributed by atoms with Gasteiger partial charge in [0.25, 0.3) is 0 Å². The third kappa shape index (κ3) is 9.45. The molecule has 45 heavy (non-hydrogen) atoms. The second-order valence-corrected chi connectivity index (χ2v) is 10.4. The highest BCUT2D eigenvalue weighted by molar-refractivity contribution is 5.92. The van der Waals surface area contributed by atoms with Gasteiger partial charge in [0.2, 0.25) is 11.8 Å². The van der Waals surface area contributed by atoms with Crippen molar-refractivity contribution < 1.29 is 23.9 Å². The molecule has 0 aliphatic carbocycles. The van der Waals surface area contributed by atoms with Gasteiger partial charge in [-0.3, -0.25) is 9.59 Å². The molecule has 0 bridgehead atoms. The van der Waals surface area contributed by atoms with Gasteiger partial charge in [0, 0.05) is 19.3 Å². The lowest BCUT2D eigenvalue weighted by molar-refractivity contribution is -0.129. The van der Waals surface area contributed by atoms with Gasteiger partial charge in [0.15, 0.2) is 0 Å². The number of hydrogen-bond acceptors (Lipinski definition) is 7. The van der Waals surface area contributed by atoms with Gasteiger partial charge in [-0.25, -0.2) is 9.78 Å². The molecule has 3 aromatic carbocycles. The summed E-state index contributed by atoms with van der Waals surface area (Å²) in [6, 6.07) is 24.1. The molecule has 0 spiro atoms. The van der Waals surface area contributed by atoms with Crippen molar-refractivity contribution in [1.29, 1.82) is 0 Å². The van der Waals surface area contributed by atoms with Crippen LogP contribution in [0, 0.1) is 0 Å². The zero-order valence-electron chi connectivity index (χ0n) is 25.3. The van der Waals surface area contributed by atoms with Crippen molar-refractivity contribution in [3.05, 3.63) is 119 Å². The summed E-state index contributed by atoms with van der Waals surface area (Å²) in [5, 5.41) is 8.52. The fraction of sp³-hybridized carbons (Fsp3) is 0.235. The van der Waals surface area contributed by atoms with E-state index in [0.717, 1.165) is 27.8 Å². The molecule has 1 aromatic heterocycles. The van der Waals surface area contributed by atoms with E-state index >= 15 is 0 Å². The fourth-order valence-corrected chi connectivity index (χ4v) is 4.85. The quantitative estimate of drug-likeness (QED) is 0.146. The van der Waals surface area contributed by atoms with E-state index < -0.39 is 18.0 Å². The Morgan fingerprint density at radius 3 is 1.76 bits per heavy atom. The number of nitrogens with two attached hydrogens (primary N) is 2. The van der Waals surface area contributed by atoms with E-state index in [1.807, 2.05) is 54.6 Å². The molecule has 0 fully saturated rings. The van der Waals surface area contributed by atoms with Gasteiger partial charge in [-0.05, 0) is 77.1 Å². The molecule has 0 saturated heterocycles. The molecule has 234 valence electrons. The molecule has 1 heterocycles. The predicted octanol–water partition coefficient (Wildman–Crippen LogP) is 3.42. The molecule has 4 rings (SSSR count). The number of urea groups is 1. The fourth-order valence-electron chi connectivity index (χ4n) is 4.85. The van der Waals surface area contributed by atoms with Crippen LogP contribution in [0.1, 0.15) is 40.2 Å². The van der Waals surface area contributed by atoms with Crippen LogP contribution in [-0.2, 0) is 29.1 Å². The average molecular weight is 611 g/mol. The van der Waals surface area contributed by atoms with Crippen molar-refractivity contribution in [3.63, 3.8) is 0 Å². The van der Waals surface area contributed by atoms with E-state index in [9.17, 15) is 14.4 Å². The number of methoxy groups -OCH3 is 2. The minimum Gasteiger partial charge on any atom is -0.497 e. The standard InChI is InChI=1S/C34H38N6O5/c1-44-27-12-8-25(9-13-27)31(26-10-14-28(45-2)15-11-26)33(42)40-29(16-7-22-17-18-37-30(35)19-22)32(41)38-20-23-3-5-24(6-4-23)21-39-34(36)43/h3-6,8-15,17-19,29,31H,7,16,20-21H2,1-2H3,(H2,35,37)(H,38,41)(H,40,42)(H3,36,39,43). The SMILES string of the molecule is COc1ccc(C(C(=O)NC(CCc2ccnc(N)c2)C(=O)NCc2ccc(CNC(N)=O)cc2)c2ccc(OC)cc2)cc1. The lowest BCUT2D eigenvalue weighted by atomic mass is 9.89. The summed E-state index contributed by atoms with van der Waals surface area (Å²) in [5.41, 5.74) is 15.1. The third-order valence-electron chi connectivity index (χ3n) is 7.32. The summed E-state index contributed by atoms with van der Waals surface area (Å²) in [5.74, 6) is 0.359. The van der Waals surface area contributed by atoms with Crippen molar-refractivity contribution >= 4 is 23.7 Å². The van der Waals surface area contributed by atoms with Gasteiger partial charge in [0.1, 0.15) is 23.4 Å². The number of ether oxygens (including phenoxy) is 2. The molecule has 0 aliphatic rings. The summed E-state index contributed by atoms with van der Waals surface area (Å²) in [4.78, 5) is 42.6. The van der Waals surface area contributed by atoms with Crippen LogP contribution in [0.15, 0.2) is 91.1 Å². The molecule has 0 aliphatic heterocycles. The van der Waals surface area contributed by atoms with Crippen LogP contribution in [0.25, 0.3) is 0 Å². The molecule has 1 unspecified atom stereocenters. The molecule has 11 heteroatoms. The highest BCUT2D eigenvalue weighted by atomic mass is 16.5.